The minimum Gasteiger partial charge on any atom is -0.478 e. The van der Waals surface area contributed by atoms with Crippen LogP contribution in [0.3, 0.4) is 0 Å². The van der Waals surface area contributed by atoms with Crippen LogP contribution in [0.25, 0.3) is 0 Å². The Hall–Kier alpha value is -2.09. The maximum atomic E-state index is 11.7. The number of halogens is 1. The van der Waals surface area contributed by atoms with E-state index in [1.807, 2.05) is 0 Å². The molecule has 0 saturated carbocycles. The Labute approximate surface area is 123 Å². The second-order valence-electron chi connectivity index (χ2n) is 4.20. The lowest BCUT2D eigenvalue weighted by Crippen LogP contribution is -2.38. The molecule has 1 rings (SSSR count). The zero-order valence-electron chi connectivity index (χ0n) is 10.6. The van der Waals surface area contributed by atoms with E-state index in [1.54, 1.807) is 13.0 Å². The second-order valence-corrected chi connectivity index (χ2v) is 5.12. The molecule has 8 heteroatoms. The molecule has 1 aromatic rings. The van der Waals surface area contributed by atoms with Gasteiger partial charge in [-0.2, -0.15) is 0 Å². The van der Waals surface area contributed by atoms with Gasteiger partial charge in [-0.3, -0.25) is 4.79 Å². The van der Waals surface area contributed by atoms with Gasteiger partial charge < -0.3 is 21.5 Å². The van der Waals surface area contributed by atoms with E-state index in [0.717, 1.165) is 0 Å². The number of hydrogen-bond acceptors (Lipinski definition) is 3. The summed E-state index contributed by atoms with van der Waals surface area (Å²) in [6, 6.07) is 3.34. The Balaban J connectivity index is 2.71. The first-order valence-electron chi connectivity index (χ1n) is 5.67. The molecule has 3 amide bonds. The van der Waals surface area contributed by atoms with Crippen LogP contribution in [0, 0.1) is 0 Å². The van der Waals surface area contributed by atoms with Crippen molar-refractivity contribution in [2.75, 3.05) is 5.32 Å². The fraction of sp³-hybridized carbons (Fsp3) is 0.250. The molecule has 0 saturated heterocycles. The van der Waals surface area contributed by atoms with Crippen LogP contribution >= 0.6 is 15.9 Å². The summed E-state index contributed by atoms with van der Waals surface area (Å²) in [5, 5.41) is 13.9. The van der Waals surface area contributed by atoms with Gasteiger partial charge in [0.15, 0.2) is 0 Å². The Kier molecular flexibility index (Phi) is 5.51. The van der Waals surface area contributed by atoms with Gasteiger partial charge in [0.05, 0.1) is 5.56 Å². The summed E-state index contributed by atoms with van der Waals surface area (Å²) in [5.41, 5.74) is 5.37. The molecule has 5 N–H and O–H groups in total. The highest BCUT2D eigenvalue weighted by molar-refractivity contribution is 9.10. The molecule has 0 fully saturated rings. The third kappa shape index (κ3) is 5.27. The second kappa shape index (κ2) is 6.90. The van der Waals surface area contributed by atoms with E-state index in [-0.39, 0.29) is 12.0 Å². The Bertz CT molecular complexity index is 548. The highest BCUT2D eigenvalue weighted by Crippen LogP contribution is 2.19. The van der Waals surface area contributed by atoms with E-state index in [4.69, 9.17) is 10.8 Å². The van der Waals surface area contributed by atoms with E-state index < -0.39 is 23.9 Å². The van der Waals surface area contributed by atoms with Gasteiger partial charge >= 0.3 is 12.0 Å². The summed E-state index contributed by atoms with van der Waals surface area (Å²) >= 11 is 3.16. The number of nitrogens with two attached hydrogens (primary N) is 1. The number of hydrogen-bond donors (Lipinski definition) is 4. The minimum atomic E-state index is -1.10. The van der Waals surface area contributed by atoms with E-state index in [9.17, 15) is 14.4 Å². The summed E-state index contributed by atoms with van der Waals surface area (Å²) in [6.07, 6.45) is 0.0201. The van der Waals surface area contributed by atoms with Crippen molar-refractivity contribution < 1.29 is 19.5 Å². The summed E-state index contributed by atoms with van der Waals surface area (Å²) < 4.78 is 0.526. The van der Waals surface area contributed by atoms with Crippen molar-refractivity contribution in [3.05, 3.63) is 28.2 Å². The van der Waals surface area contributed by atoms with Crippen LogP contribution in [0.4, 0.5) is 10.5 Å². The van der Waals surface area contributed by atoms with Gasteiger partial charge in [-0.05, 0) is 25.1 Å². The average molecular weight is 344 g/mol. The molecule has 0 aromatic heterocycles. The standard InChI is InChI=1S/C12H14BrN3O4/c1-6(2-10(14)17)15-12(20)16-9-4-7(11(18)19)3-8(13)5-9/h3-6H,2H2,1H3,(H2,14,17)(H,18,19)(H2,15,16,20). The average Bonchev–Trinajstić information content (AvgIpc) is 2.25. The third-order valence-corrected chi connectivity index (χ3v) is 2.75. The van der Waals surface area contributed by atoms with Crippen molar-refractivity contribution in [2.24, 2.45) is 5.73 Å². The number of benzene rings is 1. The Morgan fingerprint density at radius 2 is 2.00 bits per heavy atom. The number of anilines is 1. The lowest BCUT2D eigenvalue weighted by Gasteiger charge is -2.13. The van der Waals surface area contributed by atoms with Crippen LogP contribution in [0.15, 0.2) is 22.7 Å². The molecule has 0 heterocycles. The van der Waals surface area contributed by atoms with Crippen LogP contribution < -0.4 is 16.4 Å². The smallest absolute Gasteiger partial charge is 0.335 e. The third-order valence-electron chi connectivity index (χ3n) is 2.29. The van der Waals surface area contributed by atoms with Crippen molar-refractivity contribution >= 4 is 39.5 Å². The van der Waals surface area contributed by atoms with Gasteiger partial charge in [0.1, 0.15) is 0 Å². The predicted octanol–water partition coefficient (Wildman–Crippen LogP) is 1.53. The summed E-state index contributed by atoms with van der Waals surface area (Å²) in [5.74, 6) is -1.62. The zero-order chi connectivity index (χ0) is 15.3. The van der Waals surface area contributed by atoms with Crippen LogP contribution in [0.1, 0.15) is 23.7 Å². The molecular weight excluding hydrogens is 330 g/mol. The molecule has 0 spiro atoms. The first-order chi connectivity index (χ1) is 9.27. The molecule has 20 heavy (non-hydrogen) atoms. The molecule has 0 radical (unpaired) electrons. The fourth-order valence-electron chi connectivity index (χ4n) is 1.53. The first kappa shape index (κ1) is 16.0. The van der Waals surface area contributed by atoms with Crippen molar-refractivity contribution in [3.63, 3.8) is 0 Å². The normalized spacial score (nSPS) is 11.5. The molecular formula is C12H14BrN3O4. The highest BCUT2D eigenvalue weighted by Gasteiger charge is 2.11. The molecule has 0 bridgehead atoms. The Morgan fingerprint density at radius 3 is 2.55 bits per heavy atom. The van der Waals surface area contributed by atoms with Gasteiger partial charge in [-0.1, -0.05) is 15.9 Å². The van der Waals surface area contributed by atoms with Gasteiger partial charge in [0, 0.05) is 22.6 Å². The monoisotopic (exact) mass is 343 g/mol. The van der Waals surface area contributed by atoms with Crippen molar-refractivity contribution in [3.8, 4) is 0 Å². The van der Waals surface area contributed by atoms with Gasteiger partial charge in [0.25, 0.3) is 0 Å². The fourth-order valence-corrected chi connectivity index (χ4v) is 2.02. The maximum absolute atomic E-state index is 11.7. The molecule has 1 atom stereocenters. The van der Waals surface area contributed by atoms with Crippen LogP contribution in [-0.4, -0.2) is 29.1 Å². The molecule has 0 aliphatic heterocycles. The van der Waals surface area contributed by atoms with E-state index in [1.165, 1.54) is 12.1 Å². The summed E-state index contributed by atoms with van der Waals surface area (Å²) in [6.45, 7) is 1.63. The number of nitrogens with one attached hydrogen (secondary N) is 2. The van der Waals surface area contributed by atoms with E-state index >= 15 is 0 Å². The topological polar surface area (TPSA) is 122 Å². The first-order valence-corrected chi connectivity index (χ1v) is 6.47. The SMILES string of the molecule is CC(CC(N)=O)NC(=O)Nc1cc(Br)cc(C(=O)O)c1. The largest absolute Gasteiger partial charge is 0.478 e. The predicted molar refractivity (Wildman–Crippen MR) is 76.5 cm³/mol. The van der Waals surface area contributed by atoms with Gasteiger partial charge in [0.2, 0.25) is 5.91 Å². The maximum Gasteiger partial charge on any atom is 0.335 e. The van der Waals surface area contributed by atoms with Crippen molar-refractivity contribution in [2.45, 2.75) is 19.4 Å². The quantitative estimate of drug-likeness (QED) is 0.647. The molecule has 0 aliphatic carbocycles. The number of urea groups is 1. The van der Waals surface area contributed by atoms with E-state index in [0.29, 0.717) is 10.2 Å². The Morgan fingerprint density at radius 1 is 1.35 bits per heavy atom. The minimum absolute atomic E-state index is 0.0201. The summed E-state index contributed by atoms with van der Waals surface area (Å²) in [7, 11) is 0. The number of carbonyl (C=O) groups is 3. The number of primary amides is 1. The number of aromatic carboxylic acids is 1. The molecule has 1 aromatic carbocycles. The molecule has 0 aliphatic rings. The number of carboxylic acid groups (broad SMARTS) is 1. The van der Waals surface area contributed by atoms with Gasteiger partial charge in [-0.15, -0.1) is 0 Å². The lowest BCUT2D eigenvalue weighted by atomic mass is 10.2. The van der Waals surface area contributed by atoms with Crippen molar-refractivity contribution in [1.82, 2.24) is 5.32 Å². The van der Waals surface area contributed by atoms with Crippen LogP contribution in [0.2, 0.25) is 0 Å². The number of rotatable bonds is 5. The van der Waals surface area contributed by atoms with Gasteiger partial charge in [-0.25, -0.2) is 9.59 Å². The van der Waals surface area contributed by atoms with Crippen LogP contribution in [0.5, 0.6) is 0 Å². The van der Waals surface area contributed by atoms with E-state index in [2.05, 4.69) is 26.6 Å². The number of carboxylic acids is 1. The van der Waals surface area contributed by atoms with Crippen LogP contribution in [-0.2, 0) is 4.79 Å². The number of amides is 3. The lowest BCUT2D eigenvalue weighted by molar-refractivity contribution is -0.118. The molecule has 1 unspecified atom stereocenters. The molecule has 108 valence electrons. The zero-order valence-corrected chi connectivity index (χ0v) is 12.2. The van der Waals surface area contributed by atoms with Crippen molar-refractivity contribution in [1.29, 1.82) is 0 Å². The summed E-state index contributed by atoms with van der Waals surface area (Å²) in [4.78, 5) is 33.2. The molecule has 7 nitrogen and oxygen atoms in total. The highest BCUT2D eigenvalue weighted by atomic mass is 79.9. The number of carbonyl (C=O) groups excluding carboxylic acids is 2.